The highest BCUT2D eigenvalue weighted by molar-refractivity contribution is 5.60. The van der Waals surface area contributed by atoms with Crippen molar-refractivity contribution in [3.63, 3.8) is 0 Å². The minimum absolute atomic E-state index is 0.0677. The predicted octanol–water partition coefficient (Wildman–Crippen LogP) is 4.66. The van der Waals surface area contributed by atoms with Crippen LogP contribution in [0.3, 0.4) is 0 Å². The fourth-order valence-corrected chi connectivity index (χ4v) is 1.75. The average molecular weight is 350 g/mol. The van der Waals surface area contributed by atoms with Crippen LogP contribution in [-0.2, 0) is 12.7 Å². The lowest BCUT2D eigenvalue weighted by Crippen LogP contribution is -2.20. The molecule has 0 saturated heterocycles. The molecule has 0 aliphatic rings. The van der Waals surface area contributed by atoms with E-state index in [1.54, 1.807) is 0 Å². The summed E-state index contributed by atoms with van der Waals surface area (Å²) in [5, 5.41) is 0. The van der Waals surface area contributed by atoms with Gasteiger partial charge in [-0.2, -0.15) is 31.3 Å². The first kappa shape index (κ1) is 18.0. The van der Waals surface area contributed by atoms with Crippen molar-refractivity contribution in [2.45, 2.75) is 18.9 Å². The Morgan fingerprint density at radius 2 is 1.58 bits per heavy atom. The molecule has 1 N–H and O–H groups in total. The van der Waals surface area contributed by atoms with E-state index in [1.807, 2.05) is 0 Å². The van der Waals surface area contributed by atoms with Crippen LogP contribution >= 0.6 is 0 Å². The number of aromatic nitrogens is 2. The summed E-state index contributed by atoms with van der Waals surface area (Å²) < 4.78 is 78.6. The van der Waals surface area contributed by atoms with E-state index in [2.05, 4.69) is 14.7 Å². The second-order valence-corrected chi connectivity index (χ2v) is 4.68. The molecular formula is C14H10F6N3O-. The van der Waals surface area contributed by atoms with Crippen LogP contribution in [-0.4, -0.2) is 22.8 Å². The Bertz CT molecular complexity index is 697. The highest BCUT2D eigenvalue weighted by Crippen LogP contribution is 2.31. The van der Waals surface area contributed by atoms with Crippen LogP contribution in [0.2, 0.25) is 0 Å². The number of benzene rings is 1. The lowest BCUT2D eigenvalue weighted by Gasteiger charge is -2.12. The molecule has 1 aromatic carbocycles. The molecule has 0 bridgehead atoms. The molecule has 4 nitrogen and oxygen atoms in total. The molecule has 0 fully saturated rings. The number of hydrogen-bond donors (Lipinski definition) is 0. The van der Waals surface area contributed by atoms with Gasteiger partial charge >= 0.3 is 18.4 Å². The van der Waals surface area contributed by atoms with Gasteiger partial charge in [0.05, 0.1) is 11.3 Å². The third-order valence-electron chi connectivity index (χ3n) is 2.81. The zero-order valence-corrected chi connectivity index (χ0v) is 11.9. The Morgan fingerprint density at radius 1 is 0.958 bits per heavy atom. The quantitative estimate of drug-likeness (QED) is 0.754. The standard InChI is InChI=1S/C14H10F6N3O/c15-13(16,17)7-24-12-22-10(6-21)5-11(23-12)8-1-3-9(4-2-8)14(18,19)20/h1-5,21H,6-7H2/q-1. The number of alkyl halides is 6. The summed E-state index contributed by atoms with van der Waals surface area (Å²) in [6.45, 7) is -1.96. The molecule has 0 spiro atoms. The summed E-state index contributed by atoms with van der Waals surface area (Å²) in [6.07, 6.45) is -9.09. The van der Waals surface area contributed by atoms with Crippen LogP contribution in [0, 0.1) is 0 Å². The molecule has 10 heteroatoms. The zero-order chi connectivity index (χ0) is 18.0. The number of hydrogen-bond acceptors (Lipinski definition) is 3. The molecule has 1 aromatic heterocycles. The summed E-state index contributed by atoms with van der Waals surface area (Å²) in [5.41, 5.74) is 6.77. The van der Waals surface area contributed by atoms with E-state index in [0.717, 1.165) is 24.3 Å². The number of nitrogens with zero attached hydrogens (tertiary/aromatic N) is 2. The Balaban J connectivity index is 2.32. The summed E-state index contributed by atoms with van der Waals surface area (Å²) in [6, 6.07) is 4.63. The third-order valence-corrected chi connectivity index (χ3v) is 2.81. The first-order valence-electron chi connectivity index (χ1n) is 6.48. The molecule has 0 aliphatic heterocycles. The van der Waals surface area contributed by atoms with Crippen LogP contribution < -0.4 is 4.74 Å². The van der Waals surface area contributed by atoms with E-state index >= 15 is 0 Å². The lowest BCUT2D eigenvalue weighted by molar-refractivity contribution is -0.154. The minimum atomic E-state index is -4.59. The second-order valence-electron chi connectivity index (χ2n) is 4.68. The van der Waals surface area contributed by atoms with Gasteiger partial charge in [0.25, 0.3) is 0 Å². The summed E-state index contributed by atoms with van der Waals surface area (Å²) in [4.78, 5) is 7.39. The Kier molecular flexibility index (Phi) is 4.97. The fourth-order valence-electron chi connectivity index (χ4n) is 1.75. The van der Waals surface area contributed by atoms with Gasteiger partial charge in [0.1, 0.15) is 0 Å². The smallest absolute Gasteiger partial charge is 0.422 e. The van der Waals surface area contributed by atoms with Crippen molar-refractivity contribution in [1.29, 1.82) is 0 Å². The molecule has 2 aromatic rings. The molecule has 1 heterocycles. The lowest BCUT2D eigenvalue weighted by atomic mass is 10.1. The van der Waals surface area contributed by atoms with Crippen molar-refractivity contribution in [3.8, 4) is 17.3 Å². The van der Waals surface area contributed by atoms with Gasteiger partial charge in [0, 0.05) is 11.3 Å². The summed E-state index contributed by atoms with van der Waals surface area (Å²) in [5.74, 6) is 0. The van der Waals surface area contributed by atoms with Gasteiger partial charge in [-0.1, -0.05) is 12.1 Å². The largest absolute Gasteiger partial charge is 0.672 e. The fraction of sp³-hybridized carbons (Fsp3) is 0.286. The zero-order valence-electron chi connectivity index (χ0n) is 11.9. The van der Waals surface area contributed by atoms with Crippen LogP contribution in [0.1, 0.15) is 11.3 Å². The summed E-state index contributed by atoms with van der Waals surface area (Å²) in [7, 11) is 0. The third kappa shape index (κ3) is 4.82. The molecular weight excluding hydrogens is 340 g/mol. The number of rotatable bonds is 4. The molecule has 0 unspecified atom stereocenters. The molecule has 0 amide bonds. The Labute approximate surface area is 132 Å². The van der Waals surface area contributed by atoms with E-state index in [0.29, 0.717) is 0 Å². The maximum Gasteiger partial charge on any atom is 0.422 e. The van der Waals surface area contributed by atoms with Crippen molar-refractivity contribution in [1.82, 2.24) is 9.97 Å². The first-order valence-corrected chi connectivity index (χ1v) is 6.48. The van der Waals surface area contributed by atoms with Gasteiger partial charge in [0.2, 0.25) is 0 Å². The Hall–Kier alpha value is -2.36. The maximum atomic E-state index is 12.5. The van der Waals surface area contributed by atoms with E-state index in [4.69, 9.17) is 5.73 Å². The van der Waals surface area contributed by atoms with Gasteiger partial charge in [-0.3, -0.25) is 0 Å². The predicted molar refractivity (Wildman–Crippen MR) is 72.0 cm³/mol. The van der Waals surface area contributed by atoms with E-state index in [9.17, 15) is 26.3 Å². The Morgan fingerprint density at radius 3 is 2.08 bits per heavy atom. The van der Waals surface area contributed by atoms with E-state index in [-0.39, 0.29) is 23.5 Å². The van der Waals surface area contributed by atoms with Crippen LogP contribution in [0.5, 0.6) is 6.01 Å². The minimum Gasteiger partial charge on any atom is -0.672 e. The average Bonchev–Trinajstić information content (AvgIpc) is 2.51. The van der Waals surface area contributed by atoms with Gasteiger partial charge in [-0.15, -0.1) is 6.54 Å². The van der Waals surface area contributed by atoms with Crippen LogP contribution in [0.25, 0.3) is 17.0 Å². The SMILES string of the molecule is [NH-]Cc1cc(-c2ccc(C(F)(F)F)cc2)nc(OCC(F)(F)F)n1. The summed E-state index contributed by atoms with van der Waals surface area (Å²) >= 11 is 0. The normalized spacial score (nSPS) is 12.3. The van der Waals surface area contributed by atoms with E-state index < -0.39 is 30.5 Å². The monoisotopic (exact) mass is 350 g/mol. The highest BCUT2D eigenvalue weighted by Gasteiger charge is 2.30. The number of nitrogens with one attached hydrogen (secondary N) is 1. The van der Waals surface area contributed by atoms with E-state index in [1.165, 1.54) is 6.07 Å². The van der Waals surface area contributed by atoms with Crippen LogP contribution in [0.15, 0.2) is 30.3 Å². The second kappa shape index (κ2) is 6.63. The molecule has 24 heavy (non-hydrogen) atoms. The van der Waals surface area contributed by atoms with Gasteiger partial charge < -0.3 is 10.5 Å². The topological polar surface area (TPSA) is 58.8 Å². The molecule has 0 saturated carbocycles. The number of halogens is 6. The van der Waals surface area contributed by atoms with Crippen molar-refractivity contribution in [2.24, 2.45) is 0 Å². The maximum absolute atomic E-state index is 12.5. The molecule has 130 valence electrons. The van der Waals surface area contributed by atoms with Gasteiger partial charge in [0.15, 0.2) is 6.61 Å². The van der Waals surface area contributed by atoms with Crippen molar-refractivity contribution in [2.75, 3.05) is 6.61 Å². The van der Waals surface area contributed by atoms with Crippen molar-refractivity contribution >= 4 is 0 Å². The van der Waals surface area contributed by atoms with Gasteiger partial charge in [-0.25, -0.2) is 4.98 Å². The van der Waals surface area contributed by atoms with Crippen molar-refractivity contribution in [3.05, 3.63) is 47.3 Å². The van der Waals surface area contributed by atoms with Gasteiger partial charge in [-0.05, 0) is 18.2 Å². The first-order chi connectivity index (χ1) is 11.1. The molecule has 0 radical (unpaired) electrons. The molecule has 0 aliphatic carbocycles. The van der Waals surface area contributed by atoms with Crippen LogP contribution in [0.4, 0.5) is 26.3 Å². The highest BCUT2D eigenvalue weighted by atomic mass is 19.4. The number of ether oxygens (including phenoxy) is 1. The van der Waals surface area contributed by atoms with Crippen molar-refractivity contribution < 1.29 is 31.1 Å². The molecule has 0 atom stereocenters. The molecule has 2 rings (SSSR count).